The van der Waals surface area contributed by atoms with Crippen LogP contribution in [0.3, 0.4) is 0 Å². The number of hydrogen-bond acceptors (Lipinski definition) is 4. The molecule has 0 aliphatic heterocycles. The van der Waals surface area contributed by atoms with Gasteiger partial charge in [0.15, 0.2) is 0 Å². The lowest BCUT2D eigenvalue weighted by molar-refractivity contribution is -0.134. The summed E-state index contributed by atoms with van der Waals surface area (Å²) < 4.78 is 0. The molecule has 1 aliphatic carbocycles. The van der Waals surface area contributed by atoms with Gasteiger partial charge in [-0.05, 0) is 31.2 Å². The molecule has 1 aromatic rings. The normalized spacial score (nSPS) is 13.6. The number of nitrogens with two attached hydrogens (primary N) is 1. The van der Waals surface area contributed by atoms with Crippen LogP contribution in [-0.2, 0) is 22.4 Å². The summed E-state index contributed by atoms with van der Waals surface area (Å²) in [5.41, 5.74) is 6.37. The van der Waals surface area contributed by atoms with Crippen LogP contribution < -0.4 is 11.1 Å². The number of primary amides is 1. The third kappa shape index (κ3) is 2.15. The van der Waals surface area contributed by atoms with Gasteiger partial charge in [0, 0.05) is 4.88 Å². The van der Waals surface area contributed by atoms with Crippen LogP contribution in [0, 0.1) is 11.3 Å². The van der Waals surface area contributed by atoms with Crippen LogP contribution in [-0.4, -0.2) is 11.8 Å². The zero-order valence-electron chi connectivity index (χ0n) is 9.08. The molecule has 2 amide bonds. The Hall–Kier alpha value is -1.87. The van der Waals surface area contributed by atoms with Crippen LogP contribution in [0.15, 0.2) is 0 Å². The van der Waals surface area contributed by atoms with E-state index in [1.165, 1.54) is 11.3 Å². The van der Waals surface area contributed by atoms with Crippen LogP contribution in [0.2, 0.25) is 0 Å². The molecule has 0 unspecified atom stereocenters. The zero-order valence-corrected chi connectivity index (χ0v) is 9.89. The molecule has 5 nitrogen and oxygen atoms in total. The number of anilines is 1. The molecule has 0 aromatic carbocycles. The van der Waals surface area contributed by atoms with Crippen molar-refractivity contribution in [2.45, 2.75) is 25.7 Å². The first-order valence-electron chi connectivity index (χ1n) is 5.29. The Balaban J connectivity index is 2.35. The number of nitriles is 1. The average Bonchev–Trinajstić information content (AvgIpc) is 2.65. The minimum Gasteiger partial charge on any atom is -0.361 e. The first kappa shape index (κ1) is 11.6. The van der Waals surface area contributed by atoms with Gasteiger partial charge in [-0.1, -0.05) is 0 Å². The van der Waals surface area contributed by atoms with Gasteiger partial charge in [0.25, 0.3) is 0 Å². The summed E-state index contributed by atoms with van der Waals surface area (Å²) in [6, 6.07) is 2.09. The second-order valence-corrected chi connectivity index (χ2v) is 4.95. The third-order valence-electron chi connectivity index (χ3n) is 2.73. The number of fused-ring (bicyclic) bond motifs is 1. The minimum atomic E-state index is -1.04. The van der Waals surface area contributed by atoms with Gasteiger partial charge in [-0.2, -0.15) is 5.26 Å². The van der Waals surface area contributed by atoms with Crippen molar-refractivity contribution in [1.29, 1.82) is 5.26 Å². The molecule has 1 aromatic heterocycles. The van der Waals surface area contributed by atoms with E-state index in [0.717, 1.165) is 36.1 Å². The monoisotopic (exact) mass is 249 g/mol. The molecular formula is C11H11N3O2S. The van der Waals surface area contributed by atoms with Crippen LogP contribution in [0.4, 0.5) is 5.00 Å². The lowest BCUT2D eigenvalue weighted by Gasteiger charge is -2.09. The molecule has 6 heteroatoms. The Morgan fingerprint density at radius 2 is 2.06 bits per heavy atom. The Bertz CT molecular complexity index is 528. The highest BCUT2D eigenvalue weighted by atomic mass is 32.1. The van der Waals surface area contributed by atoms with Crippen molar-refractivity contribution >= 4 is 28.2 Å². The third-order valence-corrected chi connectivity index (χ3v) is 3.94. The Morgan fingerprint density at radius 3 is 2.71 bits per heavy atom. The van der Waals surface area contributed by atoms with E-state index >= 15 is 0 Å². The first-order chi connectivity index (χ1) is 8.13. The van der Waals surface area contributed by atoms with E-state index in [2.05, 4.69) is 11.4 Å². The van der Waals surface area contributed by atoms with Gasteiger partial charge in [0.05, 0.1) is 5.56 Å². The Morgan fingerprint density at radius 1 is 1.35 bits per heavy atom. The number of nitrogens with zero attached hydrogens (tertiary/aromatic N) is 1. The molecule has 0 atom stereocenters. The van der Waals surface area contributed by atoms with Gasteiger partial charge in [-0.3, -0.25) is 9.59 Å². The van der Waals surface area contributed by atoms with E-state index in [9.17, 15) is 9.59 Å². The summed E-state index contributed by atoms with van der Waals surface area (Å²) in [6.07, 6.45) is 3.95. The zero-order chi connectivity index (χ0) is 12.4. The molecule has 2 rings (SSSR count). The molecule has 17 heavy (non-hydrogen) atoms. The summed E-state index contributed by atoms with van der Waals surface area (Å²) in [6.45, 7) is 0. The smallest absolute Gasteiger partial charge is 0.314 e. The quantitative estimate of drug-likeness (QED) is 0.724. The SMILES string of the molecule is N#Cc1c(NC(=O)C(N)=O)sc2c1CCCC2. The summed E-state index contributed by atoms with van der Waals surface area (Å²) in [5, 5.41) is 12.0. The number of hydrogen-bond donors (Lipinski definition) is 2. The fourth-order valence-corrected chi connectivity index (χ4v) is 3.17. The molecule has 1 heterocycles. The number of carbonyl (C=O) groups is 2. The van der Waals surface area contributed by atoms with E-state index in [1.807, 2.05) is 0 Å². The van der Waals surface area contributed by atoms with Crippen LogP contribution in [0.1, 0.15) is 28.8 Å². The van der Waals surface area contributed by atoms with E-state index in [4.69, 9.17) is 11.0 Å². The summed E-state index contributed by atoms with van der Waals surface area (Å²) >= 11 is 1.37. The van der Waals surface area contributed by atoms with Crippen molar-refractivity contribution < 1.29 is 9.59 Å². The van der Waals surface area contributed by atoms with E-state index in [1.54, 1.807) is 0 Å². The van der Waals surface area contributed by atoms with Gasteiger partial charge >= 0.3 is 11.8 Å². The van der Waals surface area contributed by atoms with Gasteiger partial charge < -0.3 is 11.1 Å². The van der Waals surface area contributed by atoms with Crippen molar-refractivity contribution in [3.8, 4) is 6.07 Å². The molecule has 0 radical (unpaired) electrons. The molecule has 0 spiro atoms. The molecular weight excluding hydrogens is 238 g/mol. The number of carbonyl (C=O) groups excluding carboxylic acids is 2. The van der Waals surface area contributed by atoms with Crippen LogP contribution in [0.25, 0.3) is 0 Å². The maximum atomic E-state index is 11.2. The topological polar surface area (TPSA) is 96.0 Å². The van der Waals surface area contributed by atoms with Gasteiger partial charge in [-0.25, -0.2) is 0 Å². The Labute approximate surface area is 102 Å². The number of nitrogens with one attached hydrogen (secondary N) is 1. The van der Waals surface area contributed by atoms with Gasteiger partial charge in [0.1, 0.15) is 11.1 Å². The predicted octanol–water partition coefficient (Wildman–Crippen LogP) is 0.922. The average molecular weight is 249 g/mol. The lowest BCUT2D eigenvalue weighted by atomic mass is 9.96. The molecule has 0 saturated carbocycles. The second-order valence-electron chi connectivity index (χ2n) is 3.85. The number of rotatable bonds is 1. The predicted molar refractivity (Wildman–Crippen MR) is 63.5 cm³/mol. The summed E-state index contributed by atoms with van der Waals surface area (Å²) in [5.74, 6) is -1.92. The van der Waals surface area contributed by atoms with Gasteiger partial charge in [0.2, 0.25) is 0 Å². The standard InChI is InChI=1S/C11H11N3O2S/c12-5-7-6-3-1-2-4-8(6)17-11(7)14-10(16)9(13)15/h1-4H2,(H2,13,15)(H,14,16). The molecule has 0 saturated heterocycles. The summed E-state index contributed by atoms with van der Waals surface area (Å²) in [7, 11) is 0. The summed E-state index contributed by atoms with van der Waals surface area (Å²) in [4.78, 5) is 23.0. The van der Waals surface area contributed by atoms with Crippen molar-refractivity contribution in [3.05, 3.63) is 16.0 Å². The molecule has 1 aliphatic rings. The fourth-order valence-electron chi connectivity index (χ4n) is 1.94. The first-order valence-corrected chi connectivity index (χ1v) is 6.10. The van der Waals surface area contributed by atoms with E-state index < -0.39 is 11.8 Å². The number of amides is 2. The highest BCUT2D eigenvalue weighted by molar-refractivity contribution is 7.16. The van der Waals surface area contributed by atoms with Crippen LogP contribution in [0.5, 0.6) is 0 Å². The largest absolute Gasteiger partial charge is 0.361 e. The molecule has 0 fully saturated rings. The maximum absolute atomic E-state index is 11.2. The highest BCUT2D eigenvalue weighted by Crippen LogP contribution is 2.37. The molecule has 3 N–H and O–H groups in total. The highest BCUT2D eigenvalue weighted by Gasteiger charge is 2.22. The second kappa shape index (κ2) is 4.55. The maximum Gasteiger partial charge on any atom is 0.314 e. The van der Waals surface area contributed by atoms with Crippen molar-refractivity contribution in [3.63, 3.8) is 0 Å². The fraction of sp³-hybridized carbons (Fsp3) is 0.364. The van der Waals surface area contributed by atoms with E-state index in [-0.39, 0.29) is 0 Å². The Kier molecular flexibility index (Phi) is 3.11. The number of aryl methyl sites for hydroxylation is 1. The molecule has 88 valence electrons. The van der Waals surface area contributed by atoms with Gasteiger partial charge in [-0.15, -0.1) is 11.3 Å². The van der Waals surface area contributed by atoms with Crippen molar-refractivity contribution in [2.75, 3.05) is 5.32 Å². The minimum absolute atomic E-state index is 0.447. The van der Waals surface area contributed by atoms with Crippen molar-refractivity contribution in [1.82, 2.24) is 0 Å². The van der Waals surface area contributed by atoms with Crippen molar-refractivity contribution in [2.24, 2.45) is 5.73 Å². The van der Waals surface area contributed by atoms with E-state index in [0.29, 0.717) is 10.6 Å². The lowest BCUT2D eigenvalue weighted by Crippen LogP contribution is -2.29. The van der Waals surface area contributed by atoms with Crippen LogP contribution >= 0.6 is 11.3 Å². The number of thiophene rings is 1. The molecule has 0 bridgehead atoms.